The van der Waals surface area contributed by atoms with Crippen molar-refractivity contribution < 1.29 is 0 Å². The summed E-state index contributed by atoms with van der Waals surface area (Å²) in [6.07, 6.45) is 0. The number of aromatic nitrogens is 2. The lowest BCUT2D eigenvalue weighted by Crippen LogP contribution is -2.14. The number of nitrogens with zero attached hydrogens (tertiary/aromatic N) is 7. The lowest BCUT2D eigenvalue weighted by molar-refractivity contribution is 1.00. The first-order chi connectivity index (χ1) is 25.8. The second kappa shape index (κ2) is 20.1. The normalized spacial score (nSPS) is 9.75. The van der Waals surface area contributed by atoms with E-state index >= 15 is 0 Å². The average molecular weight is 749 g/mol. The van der Waals surface area contributed by atoms with Gasteiger partial charge in [0.1, 0.15) is 50.9 Å². The first-order valence-electron chi connectivity index (χ1n) is 16.1. The van der Waals surface area contributed by atoms with Crippen LogP contribution in [-0.2, 0) is 0 Å². The van der Waals surface area contributed by atoms with Crippen LogP contribution in [-0.4, -0.2) is 38.2 Å². The summed E-state index contributed by atoms with van der Waals surface area (Å²) < 4.78 is 0. The molecule has 0 atom stereocenters. The average Bonchev–Trinajstić information content (AvgIpc) is 3.19. The minimum absolute atomic E-state index is 0.105. The van der Waals surface area contributed by atoms with Crippen molar-refractivity contribution in [3.63, 3.8) is 0 Å². The van der Waals surface area contributed by atoms with Crippen LogP contribution in [0.2, 0.25) is 5.15 Å². The van der Waals surface area contributed by atoms with Crippen LogP contribution in [0.4, 0.5) is 5.82 Å². The smallest absolute Gasteiger partial charge is 0.148 e. The highest BCUT2D eigenvalue weighted by Crippen LogP contribution is 2.40. The molecule has 0 saturated carbocycles. The number of nitriles is 4. The first kappa shape index (κ1) is 39.7. The molecule has 0 unspecified atom stereocenters. The molecule has 0 aliphatic carbocycles. The second-order valence-corrected chi connectivity index (χ2v) is 13.6. The van der Waals surface area contributed by atoms with Crippen molar-refractivity contribution in [1.82, 2.24) is 15.3 Å². The van der Waals surface area contributed by atoms with Crippen LogP contribution >= 0.6 is 35.1 Å². The summed E-state index contributed by atoms with van der Waals surface area (Å²) in [7, 11) is 7.45. The zero-order valence-electron chi connectivity index (χ0n) is 29.4. The summed E-state index contributed by atoms with van der Waals surface area (Å²) in [6, 6.07) is 47.0. The van der Waals surface area contributed by atoms with E-state index in [1.165, 1.54) is 23.5 Å². The SMILES string of the molecule is CN(C)c1nc(Sc2ccccc2)c(C#N)c(-c2ccccc2)c1C#N.CNC.N#Cc1c(Cl)nc(Sc2ccccc2)c(C#N)c1-c1ccccc1. The number of halogens is 1. The zero-order valence-corrected chi connectivity index (χ0v) is 31.8. The summed E-state index contributed by atoms with van der Waals surface area (Å²) in [5.41, 5.74) is 4.17. The minimum atomic E-state index is 0.105. The molecule has 4 aromatic carbocycles. The van der Waals surface area contributed by atoms with E-state index in [1.54, 1.807) is 4.90 Å². The van der Waals surface area contributed by atoms with E-state index in [1.807, 2.05) is 150 Å². The van der Waals surface area contributed by atoms with Crippen LogP contribution in [0, 0.1) is 45.3 Å². The Morgan fingerprint density at radius 3 is 1.23 bits per heavy atom. The molecule has 6 rings (SSSR count). The molecule has 53 heavy (non-hydrogen) atoms. The minimum Gasteiger partial charge on any atom is -0.362 e. The maximum atomic E-state index is 9.86. The van der Waals surface area contributed by atoms with E-state index in [9.17, 15) is 21.0 Å². The number of nitrogens with one attached hydrogen (secondary N) is 1. The number of rotatable bonds is 7. The molecule has 8 nitrogen and oxygen atoms in total. The Labute approximate surface area is 324 Å². The monoisotopic (exact) mass is 748 g/mol. The lowest BCUT2D eigenvalue weighted by Gasteiger charge is -2.19. The number of hydrogen-bond donors (Lipinski definition) is 1. The molecule has 2 aromatic heterocycles. The van der Waals surface area contributed by atoms with E-state index in [-0.39, 0.29) is 10.7 Å². The van der Waals surface area contributed by atoms with Gasteiger partial charge >= 0.3 is 0 Å². The van der Waals surface area contributed by atoms with Gasteiger partial charge < -0.3 is 10.2 Å². The van der Waals surface area contributed by atoms with E-state index in [0.29, 0.717) is 43.7 Å². The van der Waals surface area contributed by atoms with Crippen LogP contribution in [0.25, 0.3) is 22.3 Å². The molecule has 1 N–H and O–H groups in total. The molecular weight excluding hydrogens is 716 g/mol. The quantitative estimate of drug-likeness (QED) is 0.157. The summed E-state index contributed by atoms with van der Waals surface area (Å²) in [5.74, 6) is 0.559. The van der Waals surface area contributed by atoms with Crippen LogP contribution in [0.15, 0.2) is 141 Å². The summed E-state index contributed by atoms with van der Waals surface area (Å²) in [5, 5.41) is 42.7. The van der Waals surface area contributed by atoms with Gasteiger partial charge in [-0.05, 0) is 49.5 Å². The fourth-order valence-corrected chi connectivity index (χ4v) is 7.03. The van der Waals surface area contributed by atoms with E-state index < -0.39 is 0 Å². The number of pyridine rings is 2. The maximum absolute atomic E-state index is 9.86. The summed E-state index contributed by atoms with van der Waals surface area (Å²) in [6.45, 7) is 0. The predicted octanol–water partition coefficient (Wildman–Crippen LogP) is 9.84. The van der Waals surface area contributed by atoms with Crippen LogP contribution in [0.1, 0.15) is 22.3 Å². The highest BCUT2D eigenvalue weighted by Gasteiger charge is 2.23. The van der Waals surface area contributed by atoms with Crippen molar-refractivity contribution in [1.29, 1.82) is 21.0 Å². The molecule has 0 aliphatic rings. The summed E-state index contributed by atoms with van der Waals surface area (Å²) in [4.78, 5) is 12.7. The molecule has 0 radical (unpaired) electrons. The molecule has 260 valence electrons. The van der Waals surface area contributed by atoms with Crippen LogP contribution in [0.5, 0.6) is 0 Å². The van der Waals surface area contributed by atoms with E-state index in [0.717, 1.165) is 20.9 Å². The van der Waals surface area contributed by atoms with E-state index in [2.05, 4.69) is 39.6 Å². The highest BCUT2D eigenvalue weighted by molar-refractivity contribution is 7.99. The Balaban J connectivity index is 0.000000221. The number of anilines is 1. The Morgan fingerprint density at radius 1 is 0.528 bits per heavy atom. The molecule has 6 aromatic rings. The number of hydrogen-bond acceptors (Lipinski definition) is 10. The lowest BCUT2D eigenvalue weighted by atomic mass is 9.96. The third-order valence-electron chi connectivity index (χ3n) is 7.18. The molecule has 0 bridgehead atoms. The highest BCUT2D eigenvalue weighted by atomic mass is 35.5. The van der Waals surface area contributed by atoms with Gasteiger partial charge in [-0.2, -0.15) is 21.0 Å². The Kier molecular flexibility index (Phi) is 15.0. The topological polar surface area (TPSA) is 136 Å². The second-order valence-electron chi connectivity index (χ2n) is 11.1. The fourth-order valence-electron chi connectivity index (χ4n) is 4.96. The Morgan fingerprint density at radius 2 is 0.868 bits per heavy atom. The zero-order chi connectivity index (χ0) is 38.2. The molecule has 0 amide bonds. The van der Waals surface area contributed by atoms with Gasteiger partial charge in [-0.1, -0.05) is 132 Å². The Bertz CT molecular complexity index is 2310. The van der Waals surface area contributed by atoms with Crippen LogP contribution in [0.3, 0.4) is 0 Å². The largest absolute Gasteiger partial charge is 0.362 e. The number of benzene rings is 4. The van der Waals surface area contributed by atoms with Crippen molar-refractivity contribution in [3.8, 4) is 46.5 Å². The van der Waals surface area contributed by atoms with E-state index in [4.69, 9.17) is 11.6 Å². The summed E-state index contributed by atoms with van der Waals surface area (Å²) >= 11 is 9.01. The van der Waals surface area contributed by atoms with Crippen LogP contribution < -0.4 is 10.2 Å². The molecule has 0 aliphatic heterocycles. The Hall–Kier alpha value is -6.11. The maximum Gasteiger partial charge on any atom is 0.148 e. The van der Waals surface area contributed by atoms with Gasteiger partial charge in [0.2, 0.25) is 0 Å². The molecule has 2 heterocycles. The van der Waals surface area contributed by atoms with Crippen molar-refractivity contribution in [2.45, 2.75) is 19.8 Å². The molecular formula is C42H33ClN8S2. The van der Waals surface area contributed by atoms with Gasteiger partial charge in [0.05, 0.1) is 16.7 Å². The van der Waals surface area contributed by atoms with Crippen molar-refractivity contribution in [2.24, 2.45) is 0 Å². The van der Waals surface area contributed by atoms with Crippen molar-refractivity contribution >= 4 is 40.9 Å². The van der Waals surface area contributed by atoms with Gasteiger partial charge in [-0.25, -0.2) is 9.97 Å². The van der Waals surface area contributed by atoms with Gasteiger partial charge in [0, 0.05) is 35.0 Å². The molecule has 0 fully saturated rings. The third kappa shape index (κ3) is 10.0. The first-order valence-corrected chi connectivity index (χ1v) is 18.1. The van der Waals surface area contributed by atoms with Crippen molar-refractivity contribution in [2.75, 3.05) is 33.1 Å². The van der Waals surface area contributed by atoms with Gasteiger partial charge in [-0.15, -0.1) is 0 Å². The predicted molar refractivity (Wildman–Crippen MR) is 214 cm³/mol. The van der Waals surface area contributed by atoms with Crippen molar-refractivity contribution in [3.05, 3.63) is 149 Å². The molecule has 0 saturated heterocycles. The fraction of sp³-hybridized carbons (Fsp3) is 0.0952. The van der Waals surface area contributed by atoms with Gasteiger partial charge in [0.15, 0.2) is 0 Å². The van der Waals surface area contributed by atoms with Gasteiger partial charge in [-0.3, -0.25) is 0 Å². The third-order valence-corrected chi connectivity index (χ3v) is 9.44. The molecule has 0 spiro atoms. The van der Waals surface area contributed by atoms with Gasteiger partial charge in [0.25, 0.3) is 0 Å². The molecule has 11 heteroatoms. The standard InChI is InChI=1S/C21H16N4S.C19H10ClN3S.C2H7N/c1-25(2)20-17(13-22)19(15-9-5-3-6-10-15)18(14-23)21(24-20)26-16-11-7-4-8-12-16;20-18-15(11-21)17(13-7-3-1-4-8-13)16(12-22)19(23-18)24-14-9-5-2-6-10-14;1-3-2/h3-12H,1-2H3;1-10H;3H,1-2H3.